The maximum atomic E-state index is 14.6. The Kier molecular flexibility index (Phi) is 9.58. The van der Waals surface area contributed by atoms with Crippen molar-refractivity contribution in [2.24, 2.45) is 5.73 Å². The largest absolute Gasteiger partial charge is 0.490 e. The lowest BCUT2D eigenvalue weighted by Gasteiger charge is -2.28. The van der Waals surface area contributed by atoms with Gasteiger partial charge in [-0.2, -0.15) is 5.10 Å². The van der Waals surface area contributed by atoms with E-state index < -0.39 is 5.91 Å². The van der Waals surface area contributed by atoms with Crippen LogP contribution in [0.1, 0.15) is 64.2 Å². The molecule has 51 heavy (non-hydrogen) atoms. The van der Waals surface area contributed by atoms with Crippen LogP contribution in [0.25, 0.3) is 11.4 Å². The number of hydrogen-bond acceptors (Lipinski definition) is 7. The molecule has 14 heteroatoms. The van der Waals surface area contributed by atoms with Crippen LogP contribution in [0.4, 0.5) is 0 Å². The first-order valence-electron chi connectivity index (χ1n) is 16.5. The minimum Gasteiger partial charge on any atom is -0.490 e. The molecule has 1 saturated carbocycles. The molecule has 7 rings (SSSR count). The van der Waals surface area contributed by atoms with E-state index in [9.17, 15) is 19.2 Å². The molecule has 0 spiro atoms. The van der Waals surface area contributed by atoms with Gasteiger partial charge in [0.05, 0.1) is 34.7 Å². The Morgan fingerprint density at radius 2 is 1.80 bits per heavy atom. The van der Waals surface area contributed by atoms with E-state index in [2.05, 4.69) is 21.0 Å². The number of carbonyl (C=O) groups excluding carboxylic acids is 3. The molecule has 2 N–H and O–H groups in total. The molecule has 3 heterocycles. The first-order chi connectivity index (χ1) is 24.6. The second kappa shape index (κ2) is 14.2. The molecule has 1 aliphatic heterocycles. The molecule has 1 aliphatic carbocycles. The average molecular weight is 774 g/mol. The maximum Gasteiger partial charge on any atom is 0.333 e. The fourth-order valence-electron chi connectivity index (χ4n) is 6.30. The number of fused-ring (bicyclic) bond motifs is 1. The van der Waals surface area contributed by atoms with Crippen LogP contribution in [-0.2, 0) is 17.9 Å². The van der Waals surface area contributed by atoms with Crippen LogP contribution in [0.5, 0.6) is 11.5 Å². The Morgan fingerprint density at radius 3 is 2.49 bits per heavy atom. The first kappa shape index (κ1) is 34.3. The summed E-state index contributed by atoms with van der Waals surface area (Å²) in [5.74, 6) is -0.366. The number of hydrogen-bond donors (Lipinski definition) is 1. The van der Waals surface area contributed by atoms with Gasteiger partial charge in [-0.15, -0.1) is 0 Å². The topological polar surface area (TPSA) is 144 Å². The van der Waals surface area contributed by atoms with Crippen molar-refractivity contribution in [3.63, 3.8) is 0 Å². The number of amides is 2. The molecular formula is C37H34BrClN6O6. The van der Waals surface area contributed by atoms with Gasteiger partial charge in [-0.25, -0.2) is 9.48 Å². The van der Waals surface area contributed by atoms with Crippen LogP contribution in [-0.4, -0.2) is 60.7 Å². The van der Waals surface area contributed by atoms with Crippen molar-refractivity contribution in [1.29, 1.82) is 0 Å². The Morgan fingerprint density at radius 1 is 1.04 bits per heavy atom. The fraction of sp³-hybridized carbons (Fsp3) is 0.270. The van der Waals surface area contributed by atoms with E-state index in [1.165, 1.54) is 4.57 Å². The molecule has 2 aromatic heterocycles. The van der Waals surface area contributed by atoms with E-state index in [1.54, 1.807) is 87.2 Å². The number of benzene rings is 3. The van der Waals surface area contributed by atoms with E-state index >= 15 is 0 Å². The van der Waals surface area contributed by atoms with E-state index in [1.807, 2.05) is 13.0 Å². The van der Waals surface area contributed by atoms with Gasteiger partial charge < -0.3 is 20.1 Å². The van der Waals surface area contributed by atoms with Gasteiger partial charge in [-0.05, 0) is 94.9 Å². The molecule has 1 atom stereocenters. The highest BCUT2D eigenvalue weighted by atomic mass is 79.9. The second-order valence-corrected chi connectivity index (χ2v) is 13.9. The van der Waals surface area contributed by atoms with Crippen molar-refractivity contribution in [3.8, 4) is 22.9 Å². The number of halogens is 2. The average Bonchev–Trinajstić information content (AvgIpc) is 3.66. The van der Waals surface area contributed by atoms with Crippen LogP contribution in [0.2, 0.25) is 5.02 Å². The van der Waals surface area contributed by atoms with Gasteiger partial charge in [0.1, 0.15) is 17.2 Å². The van der Waals surface area contributed by atoms with Crippen LogP contribution in [0, 0.1) is 0 Å². The number of ketones is 1. The quantitative estimate of drug-likeness (QED) is 0.161. The van der Waals surface area contributed by atoms with Crippen molar-refractivity contribution in [2.75, 3.05) is 13.2 Å². The number of ether oxygens (including phenoxy) is 2. The summed E-state index contributed by atoms with van der Waals surface area (Å²) in [6.45, 7) is 2.18. The Labute approximate surface area is 306 Å². The predicted octanol–water partition coefficient (Wildman–Crippen LogP) is 5.68. The number of aromatic nitrogens is 4. The number of Topliss-reactive ketones (excluding diaryl/α,β-unsaturated/α-hetero) is 1. The van der Waals surface area contributed by atoms with Crippen molar-refractivity contribution < 1.29 is 23.9 Å². The van der Waals surface area contributed by atoms with Gasteiger partial charge in [0, 0.05) is 48.0 Å². The fourth-order valence-corrected chi connectivity index (χ4v) is 6.73. The highest BCUT2D eigenvalue weighted by Crippen LogP contribution is 2.33. The van der Waals surface area contributed by atoms with E-state index in [-0.39, 0.29) is 67.8 Å². The molecule has 0 unspecified atom stereocenters. The molecule has 0 bridgehead atoms. The van der Waals surface area contributed by atoms with E-state index in [4.69, 9.17) is 26.8 Å². The lowest BCUT2D eigenvalue weighted by Crippen LogP contribution is -2.41. The third-order valence-electron chi connectivity index (χ3n) is 8.98. The number of nitrogens with zero attached hydrogens (tertiary/aromatic N) is 5. The SMILES string of the molecule is C[C@@H](CC(=O)c1c2n(c(=O)n1-c1ccc(OC3CC3)cc1)CCN(C(=O)c1ccc(Br)c(Cl)c1)C2)c1ccc(OCC(N)=O)cc1-n1cccn1. The highest BCUT2D eigenvalue weighted by Gasteiger charge is 2.33. The van der Waals surface area contributed by atoms with Crippen LogP contribution < -0.4 is 20.9 Å². The lowest BCUT2D eigenvalue weighted by molar-refractivity contribution is -0.119. The van der Waals surface area contributed by atoms with Gasteiger partial charge in [0.2, 0.25) is 0 Å². The minimum atomic E-state index is -0.605. The zero-order valence-electron chi connectivity index (χ0n) is 27.6. The number of primary amides is 1. The summed E-state index contributed by atoms with van der Waals surface area (Å²) in [5, 5.41) is 4.79. The summed E-state index contributed by atoms with van der Waals surface area (Å²) >= 11 is 9.68. The van der Waals surface area contributed by atoms with Crippen molar-refractivity contribution in [2.45, 2.75) is 51.3 Å². The summed E-state index contributed by atoms with van der Waals surface area (Å²) in [6.07, 6.45) is 5.67. The Balaban J connectivity index is 1.25. The van der Waals surface area contributed by atoms with Gasteiger partial charge in [-0.1, -0.05) is 24.6 Å². The summed E-state index contributed by atoms with van der Waals surface area (Å²) in [6, 6.07) is 19.2. The van der Waals surface area contributed by atoms with Gasteiger partial charge in [-0.3, -0.25) is 23.5 Å². The summed E-state index contributed by atoms with van der Waals surface area (Å²) < 4.78 is 16.8. The van der Waals surface area contributed by atoms with E-state index in [0.29, 0.717) is 43.6 Å². The van der Waals surface area contributed by atoms with Crippen LogP contribution in [0.3, 0.4) is 0 Å². The number of imidazole rings is 1. The summed E-state index contributed by atoms with van der Waals surface area (Å²) in [4.78, 5) is 55.4. The number of nitrogens with two attached hydrogens (primary N) is 1. The Hall–Kier alpha value is -5.14. The monoisotopic (exact) mass is 772 g/mol. The normalized spacial score (nSPS) is 14.5. The van der Waals surface area contributed by atoms with Crippen molar-refractivity contribution >= 4 is 45.1 Å². The summed E-state index contributed by atoms with van der Waals surface area (Å²) in [5.41, 5.74) is 7.98. The summed E-state index contributed by atoms with van der Waals surface area (Å²) in [7, 11) is 0. The van der Waals surface area contributed by atoms with Crippen LogP contribution in [0.15, 0.2) is 88.4 Å². The van der Waals surface area contributed by atoms with Crippen molar-refractivity contribution in [1.82, 2.24) is 23.8 Å². The smallest absolute Gasteiger partial charge is 0.333 e. The predicted molar refractivity (Wildman–Crippen MR) is 193 cm³/mol. The molecular weight excluding hydrogens is 740 g/mol. The van der Waals surface area contributed by atoms with Gasteiger partial charge in [0.25, 0.3) is 11.8 Å². The molecule has 1 fully saturated rings. The highest BCUT2D eigenvalue weighted by molar-refractivity contribution is 9.10. The zero-order valence-corrected chi connectivity index (χ0v) is 30.0. The number of carbonyl (C=O) groups is 3. The van der Waals surface area contributed by atoms with Crippen molar-refractivity contribution in [3.05, 3.63) is 122 Å². The Bertz CT molecular complexity index is 2190. The molecule has 0 saturated heterocycles. The molecule has 3 aromatic carbocycles. The van der Waals surface area contributed by atoms with Gasteiger partial charge in [0.15, 0.2) is 12.4 Å². The standard InChI is InChI=1S/C37H34BrClN6O6/c1-22(28-11-10-27(50-21-34(40)47)19-31(28)44-14-2-13-41-44)17-33(46)35-32-20-42(36(48)23-3-12-29(38)30(39)18-23)15-16-43(32)37(49)45(35)24-4-6-25(7-5-24)51-26-8-9-26/h2-7,10-14,18-19,22,26H,8-9,15-17,20-21H2,1H3,(H2,40,47)/t22-/m0/s1. The molecule has 262 valence electrons. The third kappa shape index (κ3) is 7.22. The number of rotatable bonds is 12. The molecule has 2 amide bonds. The molecule has 5 aromatic rings. The lowest BCUT2D eigenvalue weighted by atomic mass is 9.92. The zero-order chi connectivity index (χ0) is 35.8. The van der Waals surface area contributed by atoms with Gasteiger partial charge >= 0.3 is 5.69 Å². The van der Waals surface area contributed by atoms with Crippen LogP contribution >= 0.6 is 27.5 Å². The van der Waals surface area contributed by atoms with E-state index in [0.717, 1.165) is 18.4 Å². The molecule has 12 nitrogen and oxygen atoms in total. The molecule has 0 radical (unpaired) electrons. The second-order valence-electron chi connectivity index (χ2n) is 12.7. The maximum absolute atomic E-state index is 14.6. The third-order valence-corrected chi connectivity index (χ3v) is 10.2. The molecule has 2 aliphatic rings. The first-order valence-corrected chi connectivity index (χ1v) is 17.7. The minimum absolute atomic E-state index is 0.0331.